The third kappa shape index (κ3) is 3.91. The molecule has 0 rings (SSSR count). The van der Waals surface area contributed by atoms with Crippen LogP contribution in [0.2, 0.25) is 0 Å². The molecular weight excluding hydrogens is 102 g/mol. The van der Waals surface area contributed by atoms with Crippen LogP contribution in [0.4, 0.5) is 0 Å². The Kier molecular flexibility index (Phi) is 1.55. The highest BCUT2D eigenvalue weighted by Gasteiger charge is 2.08. The lowest BCUT2D eigenvalue weighted by Crippen LogP contribution is -2.07. The molecular formula is C2H6NO2S+. The molecule has 0 unspecified atom stereocenters. The molecule has 3 nitrogen and oxygen atoms in total. The molecule has 4 heteroatoms. The third-order valence-corrected chi connectivity index (χ3v) is 0.995. The highest BCUT2D eigenvalue weighted by atomic mass is 32.2. The summed E-state index contributed by atoms with van der Waals surface area (Å²) in [5.41, 5.74) is 0. The largest absolute Gasteiger partial charge is 0.394 e. The molecule has 0 aliphatic heterocycles. The molecule has 0 N–H and O–H groups in total. The second kappa shape index (κ2) is 1.57. The second-order valence-electron chi connectivity index (χ2n) is 0.916. The first kappa shape index (κ1) is 5.91. The first-order valence-corrected chi connectivity index (χ1v) is 3.22. The Labute approximate surface area is 37.4 Å². The van der Waals surface area contributed by atoms with Gasteiger partial charge in [-0.1, -0.05) is 0 Å². The van der Waals surface area contributed by atoms with Crippen LogP contribution in [0.1, 0.15) is 0 Å². The first-order valence-electron chi connectivity index (χ1n) is 1.37. The van der Waals surface area contributed by atoms with Crippen LogP contribution in [0.5, 0.6) is 0 Å². The van der Waals surface area contributed by atoms with Crippen molar-refractivity contribution in [1.29, 1.82) is 0 Å². The van der Waals surface area contributed by atoms with Gasteiger partial charge in [0, 0.05) is 0 Å². The quantitative estimate of drug-likeness (QED) is 0.440. The van der Waals surface area contributed by atoms with E-state index in [1.54, 1.807) is 0 Å². The Morgan fingerprint density at radius 1 is 1.50 bits per heavy atom. The van der Waals surface area contributed by atoms with Crippen LogP contribution in [0.15, 0.2) is 0 Å². The Bertz CT molecular complexity index is 114. The normalized spacial score (nSPS) is 11.7. The van der Waals surface area contributed by atoms with Crippen LogP contribution in [-0.2, 0) is 10.0 Å². The lowest BCUT2D eigenvalue weighted by molar-refractivity contribution is 0.593. The Balaban J connectivity index is 3.85. The fourth-order valence-electron chi connectivity index (χ4n) is 0. The van der Waals surface area contributed by atoms with E-state index in [9.17, 15) is 8.42 Å². The van der Waals surface area contributed by atoms with Crippen molar-refractivity contribution >= 4 is 10.0 Å². The summed E-state index contributed by atoms with van der Waals surface area (Å²) in [6.07, 6.45) is 1.05. The van der Waals surface area contributed by atoms with Gasteiger partial charge in [-0.05, 0) is 0 Å². The van der Waals surface area contributed by atoms with Crippen molar-refractivity contribution in [3.63, 3.8) is 0 Å². The molecule has 0 aromatic rings. The molecule has 36 valence electrons. The van der Waals surface area contributed by atoms with Crippen molar-refractivity contribution in [2.45, 2.75) is 0 Å². The van der Waals surface area contributed by atoms with E-state index in [-0.39, 0.29) is 0 Å². The van der Waals surface area contributed by atoms with Crippen LogP contribution in [0, 0.1) is 0 Å². The minimum absolute atomic E-state index is 1.05. The average molecular weight is 108 g/mol. The summed E-state index contributed by atoms with van der Waals surface area (Å²) >= 11 is 0. The molecule has 0 fully saturated rings. The zero-order chi connectivity index (χ0) is 5.21. The summed E-state index contributed by atoms with van der Waals surface area (Å²) in [4.78, 5) is 0. The van der Waals surface area contributed by atoms with Gasteiger partial charge < -0.3 is 0 Å². The zero-order valence-corrected chi connectivity index (χ0v) is 4.49. The maximum absolute atomic E-state index is 9.83. The topological polar surface area (TPSA) is 48.2 Å². The molecule has 0 saturated heterocycles. The maximum Gasteiger partial charge on any atom is 0.394 e. The van der Waals surface area contributed by atoms with Crippen LogP contribution in [0.3, 0.4) is 0 Å². The van der Waals surface area contributed by atoms with Gasteiger partial charge in [0.1, 0.15) is 6.26 Å². The molecule has 0 aromatic heterocycles. The fourth-order valence-corrected chi connectivity index (χ4v) is 0. The number of nitrogens with zero attached hydrogens (tertiary/aromatic N) is 1. The van der Waals surface area contributed by atoms with Crippen molar-refractivity contribution in [2.75, 3.05) is 13.3 Å². The number of hydrogen-bond donors (Lipinski definition) is 0. The Morgan fingerprint density at radius 3 is 1.67 bits per heavy atom. The standard InChI is InChI=1S/C2H6NO2S/c1-3-6(2,4)5/h1-2H3/q+1. The van der Waals surface area contributed by atoms with E-state index in [2.05, 4.69) is 4.72 Å². The summed E-state index contributed by atoms with van der Waals surface area (Å²) in [5, 5.41) is 0. The minimum Gasteiger partial charge on any atom is -0.163 e. The molecule has 0 atom stereocenters. The lowest BCUT2D eigenvalue weighted by Gasteiger charge is -1.64. The summed E-state index contributed by atoms with van der Waals surface area (Å²) in [6, 6.07) is 0. The highest BCUT2D eigenvalue weighted by molar-refractivity contribution is 7.88. The van der Waals surface area contributed by atoms with Gasteiger partial charge >= 0.3 is 10.0 Å². The molecule has 6 heavy (non-hydrogen) atoms. The van der Waals surface area contributed by atoms with Crippen LogP contribution < -0.4 is 4.72 Å². The minimum atomic E-state index is -3.04. The smallest absolute Gasteiger partial charge is 0.163 e. The molecule has 2 radical (unpaired) electrons. The molecule has 0 saturated carbocycles. The molecule has 0 aliphatic rings. The van der Waals surface area contributed by atoms with Gasteiger partial charge in [-0.2, -0.15) is 8.42 Å². The Morgan fingerprint density at radius 2 is 1.67 bits per heavy atom. The Hall–Kier alpha value is -0.0900. The summed E-state index contributed by atoms with van der Waals surface area (Å²) in [5.74, 6) is 0. The highest BCUT2D eigenvalue weighted by Crippen LogP contribution is 1.66. The van der Waals surface area contributed by atoms with Gasteiger partial charge in [0.2, 0.25) is 0 Å². The SMILES string of the molecule is C[N+]S(C)(=O)=O. The second-order valence-corrected chi connectivity index (χ2v) is 2.75. The zero-order valence-electron chi connectivity index (χ0n) is 3.67. The third-order valence-electron chi connectivity index (χ3n) is 0.332. The molecule has 0 amide bonds. The first-order chi connectivity index (χ1) is 2.56. The predicted molar refractivity (Wildman–Crippen MR) is 22.9 cm³/mol. The van der Waals surface area contributed by atoms with Crippen LogP contribution in [-0.4, -0.2) is 21.7 Å². The molecule has 0 aliphatic carbocycles. The van der Waals surface area contributed by atoms with E-state index >= 15 is 0 Å². The van der Waals surface area contributed by atoms with Crippen molar-refractivity contribution in [3.8, 4) is 0 Å². The summed E-state index contributed by atoms with van der Waals surface area (Å²) in [7, 11) is -1.79. The van der Waals surface area contributed by atoms with Crippen molar-refractivity contribution in [2.24, 2.45) is 0 Å². The van der Waals surface area contributed by atoms with E-state index in [0.29, 0.717) is 0 Å². The summed E-state index contributed by atoms with van der Waals surface area (Å²) < 4.78 is 22.7. The molecule has 0 aromatic carbocycles. The average Bonchev–Trinajstić information content (AvgIpc) is 1.35. The number of sulfonamides is 1. The lowest BCUT2D eigenvalue weighted by atomic mass is 11.6. The van der Waals surface area contributed by atoms with Crippen LogP contribution >= 0.6 is 0 Å². The van der Waals surface area contributed by atoms with Gasteiger partial charge in [0.05, 0.1) is 0 Å². The molecule has 0 bridgehead atoms. The van der Waals surface area contributed by atoms with E-state index in [0.717, 1.165) is 6.26 Å². The fraction of sp³-hybridized carbons (Fsp3) is 1.00. The van der Waals surface area contributed by atoms with Gasteiger partial charge in [0.15, 0.2) is 11.8 Å². The van der Waals surface area contributed by atoms with Gasteiger partial charge in [-0.3, -0.25) is 0 Å². The van der Waals surface area contributed by atoms with Crippen molar-refractivity contribution in [3.05, 3.63) is 0 Å². The van der Waals surface area contributed by atoms with Crippen molar-refractivity contribution < 1.29 is 8.42 Å². The van der Waals surface area contributed by atoms with E-state index in [1.165, 1.54) is 7.05 Å². The number of rotatable bonds is 1. The monoisotopic (exact) mass is 108 g/mol. The summed E-state index contributed by atoms with van der Waals surface area (Å²) in [6.45, 7) is 0. The number of hydrogen-bond acceptors (Lipinski definition) is 2. The maximum atomic E-state index is 9.83. The molecule has 0 spiro atoms. The van der Waals surface area contributed by atoms with Gasteiger partial charge in [-0.15, -0.1) is 0 Å². The van der Waals surface area contributed by atoms with E-state index in [4.69, 9.17) is 0 Å². The van der Waals surface area contributed by atoms with E-state index < -0.39 is 10.0 Å². The van der Waals surface area contributed by atoms with Gasteiger partial charge in [0.25, 0.3) is 0 Å². The molecule has 0 heterocycles. The van der Waals surface area contributed by atoms with Gasteiger partial charge in [-0.25, -0.2) is 0 Å². The van der Waals surface area contributed by atoms with Crippen LogP contribution in [0.25, 0.3) is 0 Å². The van der Waals surface area contributed by atoms with E-state index in [1.807, 2.05) is 0 Å². The van der Waals surface area contributed by atoms with Crippen molar-refractivity contribution in [1.82, 2.24) is 4.72 Å². The predicted octanol–water partition coefficient (Wildman–Crippen LogP) is -0.820.